The molecule has 128 valence electrons. The molecular formula is C18H25N5O. The zero-order chi connectivity index (χ0) is 17.1. The second kappa shape index (κ2) is 7.05. The van der Waals surface area contributed by atoms with Gasteiger partial charge in [0.05, 0.1) is 18.8 Å². The number of nitrogen functional groups attached to an aromatic ring is 1. The first-order chi connectivity index (χ1) is 11.6. The van der Waals surface area contributed by atoms with Crippen molar-refractivity contribution in [1.29, 1.82) is 0 Å². The van der Waals surface area contributed by atoms with Crippen molar-refractivity contribution in [2.75, 3.05) is 37.4 Å². The minimum Gasteiger partial charge on any atom is -0.496 e. The van der Waals surface area contributed by atoms with E-state index < -0.39 is 0 Å². The smallest absolute Gasteiger partial charge is 0.222 e. The summed E-state index contributed by atoms with van der Waals surface area (Å²) >= 11 is 0. The third-order valence-corrected chi connectivity index (χ3v) is 4.36. The molecule has 1 unspecified atom stereocenters. The van der Waals surface area contributed by atoms with Gasteiger partial charge in [0.1, 0.15) is 11.6 Å². The van der Waals surface area contributed by atoms with E-state index in [1.165, 1.54) is 0 Å². The number of piperazine rings is 1. The highest BCUT2D eigenvalue weighted by atomic mass is 16.5. The predicted octanol–water partition coefficient (Wildman–Crippen LogP) is 2.34. The molecule has 1 saturated heterocycles. The summed E-state index contributed by atoms with van der Waals surface area (Å²) in [5.74, 6) is 2.46. The molecule has 0 spiro atoms. The predicted molar refractivity (Wildman–Crippen MR) is 96.5 cm³/mol. The summed E-state index contributed by atoms with van der Waals surface area (Å²) in [5.41, 5.74) is 8.05. The van der Waals surface area contributed by atoms with Crippen LogP contribution in [-0.4, -0.2) is 36.7 Å². The third-order valence-electron chi connectivity index (χ3n) is 4.36. The average Bonchev–Trinajstić information content (AvgIpc) is 2.61. The molecule has 0 saturated carbocycles. The molecule has 0 radical (unpaired) electrons. The first-order valence-electron chi connectivity index (χ1n) is 8.34. The Balaban J connectivity index is 1.86. The Morgan fingerprint density at radius 3 is 2.83 bits per heavy atom. The standard InChI is InChI=1S/C18H25N5O/c1-12(2)14-10-17(22-18(19)21-14)23-9-8-20-15(11-23)13-6-4-5-7-16(13)24-3/h4-7,10,12,15,20H,8-9,11H2,1-3H3,(H2,19,21,22). The van der Waals surface area contributed by atoms with Crippen LogP contribution >= 0.6 is 0 Å². The van der Waals surface area contributed by atoms with Gasteiger partial charge in [0, 0.05) is 31.3 Å². The third kappa shape index (κ3) is 3.43. The van der Waals surface area contributed by atoms with Gasteiger partial charge in [0.15, 0.2) is 0 Å². The number of aromatic nitrogens is 2. The Kier molecular flexibility index (Phi) is 4.85. The number of hydrogen-bond acceptors (Lipinski definition) is 6. The Morgan fingerprint density at radius 2 is 2.08 bits per heavy atom. The highest BCUT2D eigenvalue weighted by molar-refractivity contribution is 5.46. The quantitative estimate of drug-likeness (QED) is 0.898. The van der Waals surface area contributed by atoms with Crippen LogP contribution in [0.15, 0.2) is 30.3 Å². The van der Waals surface area contributed by atoms with Gasteiger partial charge >= 0.3 is 0 Å². The van der Waals surface area contributed by atoms with Crippen molar-refractivity contribution < 1.29 is 4.74 Å². The number of methoxy groups -OCH3 is 1. The zero-order valence-electron chi connectivity index (χ0n) is 14.5. The molecule has 1 aliphatic rings. The molecule has 6 nitrogen and oxygen atoms in total. The summed E-state index contributed by atoms with van der Waals surface area (Å²) in [6, 6.07) is 10.4. The molecule has 3 N–H and O–H groups in total. The van der Waals surface area contributed by atoms with E-state index >= 15 is 0 Å². The Labute approximate surface area is 143 Å². The monoisotopic (exact) mass is 327 g/mol. The maximum Gasteiger partial charge on any atom is 0.222 e. The Morgan fingerprint density at radius 1 is 1.29 bits per heavy atom. The van der Waals surface area contributed by atoms with Crippen molar-refractivity contribution in [1.82, 2.24) is 15.3 Å². The second-order valence-electron chi connectivity index (χ2n) is 6.36. The van der Waals surface area contributed by atoms with Crippen LogP contribution in [0.3, 0.4) is 0 Å². The van der Waals surface area contributed by atoms with Crippen LogP contribution in [0.25, 0.3) is 0 Å². The number of ether oxygens (including phenoxy) is 1. The van der Waals surface area contributed by atoms with Crippen molar-refractivity contribution in [3.63, 3.8) is 0 Å². The van der Waals surface area contributed by atoms with Crippen molar-refractivity contribution in [2.24, 2.45) is 0 Å². The maximum absolute atomic E-state index is 5.91. The van der Waals surface area contributed by atoms with Gasteiger partial charge in [-0.15, -0.1) is 0 Å². The summed E-state index contributed by atoms with van der Waals surface area (Å²) < 4.78 is 5.51. The number of nitrogens with one attached hydrogen (secondary N) is 1. The lowest BCUT2D eigenvalue weighted by Gasteiger charge is -2.35. The molecule has 1 aliphatic heterocycles. The number of para-hydroxylation sites is 1. The second-order valence-corrected chi connectivity index (χ2v) is 6.36. The lowest BCUT2D eigenvalue weighted by atomic mass is 10.0. The number of benzene rings is 1. The first kappa shape index (κ1) is 16.5. The number of rotatable bonds is 4. The van der Waals surface area contributed by atoms with E-state index in [1.54, 1.807) is 7.11 Å². The summed E-state index contributed by atoms with van der Waals surface area (Å²) in [6.07, 6.45) is 0. The highest BCUT2D eigenvalue weighted by Gasteiger charge is 2.24. The fourth-order valence-electron chi connectivity index (χ4n) is 3.05. The van der Waals surface area contributed by atoms with Crippen LogP contribution in [0.2, 0.25) is 0 Å². The molecule has 24 heavy (non-hydrogen) atoms. The zero-order valence-corrected chi connectivity index (χ0v) is 14.5. The minimum absolute atomic E-state index is 0.189. The molecule has 6 heteroatoms. The van der Waals surface area contributed by atoms with Gasteiger partial charge in [0.2, 0.25) is 5.95 Å². The molecule has 0 amide bonds. The van der Waals surface area contributed by atoms with E-state index in [4.69, 9.17) is 10.5 Å². The molecule has 2 aromatic rings. The topological polar surface area (TPSA) is 76.3 Å². The van der Waals surface area contributed by atoms with Gasteiger partial charge in [-0.1, -0.05) is 32.0 Å². The van der Waals surface area contributed by atoms with Gasteiger partial charge in [-0.2, -0.15) is 4.98 Å². The number of anilines is 2. The number of nitrogens with zero attached hydrogens (tertiary/aromatic N) is 3. The SMILES string of the molecule is COc1ccccc1C1CN(c2cc(C(C)C)nc(N)n2)CCN1. The molecule has 0 bridgehead atoms. The van der Waals surface area contributed by atoms with E-state index in [-0.39, 0.29) is 6.04 Å². The van der Waals surface area contributed by atoms with E-state index in [2.05, 4.69) is 40.1 Å². The van der Waals surface area contributed by atoms with Gasteiger partial charge in [-0.25, -0.2) is 4.98 Å². The molecule has 0 aliphatic carbocycles. The van der Waals surface area contributed by atoms with Crippen molar-refractivity contribution in [2.45, 2.75) is 25.8 Å². The lowest BCUT2D eigenvalue weighted by Crippen LogP contribution is -2.46. The van der Waals surface area contributed by atoms with Gasteiger partial charge < -0.3 is 20.7 Å². The van der Waals surface area contributed by atoms with Crippen LogP contribution in [0.5, 0.6) is 5.75 Å². The summed E-state index contributed by atoms with van der Waals surface area (Å²) in [7, 11) is 1.71. The molecule has 3 rings (SSSR count). The summed E-state index contributed by atoms with van der Waals surface area (Å²) in [4.78, 5) is 11.0. The van der Waals surface area contributed by atoms with Crippen LogP contribution in [0.4, 0.5) is 11.8 Å². The van der Waals surface area contributed by atoms with Crippen molar-refractivity contribution in [3.05, 3.63) is 41.6 Å². The first-order valence-corrected chi connectivity index (χ1v) is 8.34. The molecule has 1 fully saturated rings. The molecule has 1 aromatic carbocycles. The average molecular weight is 327 g/mol. The maximum atomic E-state index is 5.91. The van der Waals surface area contributed by atoms with Crippen LogP contribution < -0.4 is 20.7 Å². The summed E-state index contributed by atoms with van der Waals surface area (Å²) in [5, 5.41) is 3.57. The van der Waals surface area contributed by atoms with Gasteiger partial charge in [-0.05, 0) is 12.0 Å². The molecular weight excluding hydrogens is 302 g/mol. The van der Waals surface area contributed by atoms with Crippen LogP contribution in [0, 0.1) is 0 Å². The fraction of sp³-hybridized carbons (Fsp3) is 0.444. The van der Waals surface area contributed by atoms with Crippen LogP contribution in [-0.2, 0) is 0 Å². The van der Waals surface area contributed by atoms with E-state index in [0.29, 0.717) is 11.9 Å². The minimum atomic E-state index is 0.189. The largest absolute Gasteiger partial charge is 0.496 e. The molecule has 2 heterocycles. The Hall–Kier alpha value is -2.34. The molecule has 1 aromatic heterocycles. The number of hydrogen-bond donors (Lipinski definition) is 2. The normalized spacial score (nSPS) is 18.0. The summed E-state index contributed by atoms with van der Waals surface area (Å²) in [6.45, 7) is 6.81. The van der Waals surface area contributed by atoms with E-state index in [9.17, 15) is 0 Å². The van der Waals surface area contributed by atoms with Crippen molar-refractivity contribution in [3.8, 4) is 5.75 Å². The van der Waals surface area contributed by atoms with Crippen molar-refractivity contribution >= 4 is 11.8 Å². The Bertz CT molecular complexity index is 704. The van der Waals surface area contributed by atoms with E-state index in [1.807, 2.05) is 24.3 Å². The molecule has 1 atom stereocenters. The van der Waals surface area contributed by atoms with Gasteiger partial charge in [0.25, 0.3) is 0 Å². The fourth-order valence-corrected chi connectivity index (χ4v) is 3.05. The highest BCUT2D eigenvalue weighted by Crippen LogP contribution is 2.29. The van der Waals surface area contributed by atoms with Gasteiger partial charge in [-0.3, -0.25) is 0 Å². The van der Waals surface area contributed by atoms with Crippen LogP contribution in [0.1, 0.15) is 37.1 Å². The van der Waals surface area contributed by atoms with E-state index in [0.717, 1.165) is 42.5 Å². The number of nitrogens with two attached hydrogens (primary N) is 1. The lowest BCUT2D eigenvalue weighted by molar-refractivity contribution is 0.391.